The summed E-state index contributed by atoms with van der Waals surface area (Å²) in [6.07, 6.45) is 6.87. The molecule has 1 unspecified atom stereocenters. The second-order valence-electron chi connectivity index (χ2n) is 5.45. The van der Waals surface area contributed by atoms with Gasteiger partial charge in [-0.25, -0.2) is 9.97 Å². The van der Waals surface area contributed by atoms with E-state index in [1.165, 1.54) is 12.8 Å². The topological polar surface area (TPSA) is 41.5 Å². The molecule has 1 aliphatic rings. The van der Waals surface area contributed by atoms with Crippen molar-refractivity contribution in [2.45, 2.75) is 38.7 Å². The average Bonchev–Trinajstić information content (AvgIpc) is 2.99. The van der Waals surface area contributed by atoms with Crippen molar-refractivity contribution in [3.8, 4) is 0 Å². The monoisotopic (exact) mass is 278 g/mol. The van der Waals surface area contributed by atoms with Crippen molar-refractivity contribution in [2.24, 2.45) is 0 Å². The molecule has 0 saturated carbocycles. The van der Waals surface area contributed by atoms with Crippen molar-refractivity contribution >= 4 is 11.6 Å². The molecule has 0 amide bonds. The molecule has 1 saturated heterocycles. The molecule has 0 aromatic carbocycles. The smallest absolute Gasteiger partial charge is 0.133 e. The van der Waals surface area contributed by atoms with E-state index in [0.29, 0.717) is 6.10 Å². The van der Waals surface area contributed by atoms with Crippen LogP contribution in [0.4, 0.5) is 11.6 Å². The Hall–Kier alpha value is -1.36. The maximum Gasteiger partial charge on any atom is 0.133 e. The van der Waals surface area contributed by atoms with E-state index in [1.54, 1.807) is 6.33 Å². The molecule has 1 atom stereocenters. The molecule has 0 spiro atoms. The van der Waals surface area contributed by atoms with Crippen LogP contribution in [0.2, 0.25) is 0 Å². The minimum Gasteiger partial charge on any atom is -0.378 e. The van der Waals surface area contributed by atoms with E-state index >= 15 is 0 Å². The molecule has 2 rings (SSSR count). The zero-order chi connectivity index (χ0) is 14.4. The Labute approximate surface area is 122 Å². The Morgan fingerprint density at radius 2 is 2.00 bits per heavy atom. The SMILES string of the molecule is CCN(C)c1cc(N(C)CCCC2CCCO2)ncn1. The molecule has 20 heavy (non-hydrogen) atoms. The number of hydrogen-bond acceptors (Lipinski definition) is 5. The molecule has 112 valence electrons. The van der Waals surface area contributed by atoms with Crippen LogP contribution in [0.1, 0.15) is 32.6 Å². The van der Waals surface area contributed by atoms with Crippen LogP contribution in [0.5, 0.6) is 0 Å². The summed E-state index contributed by atoms with van der Waals surface area (Å²) < 4.78 is 5.65. The Morgan fingerprint density at radius 1 is 1.25 bits per heavy atom. The molecule has 5 nitrogen and oxygen atoms in total. The second-order valence-corrected chi connectivity index (χ2v) is 5.45. The summed E-state index contributed by atoms with van der Waals surface area (Å²) >= 11 is 0. The zero-order valence-electron chi connectivity index (χ0n) is 12.9. The fraction of sp³-hybridized carbons (Fsp3) is 0.733. The average molecular weight is 278 g/mol. The lowest BCUT2D eigenvalue weighted by molar-refractivity contribution is 0.103. The summed E-state index contributed by atoms with van der Waals surface area (Å²) in [5.41, 5.74) is 0. The van der Waals surface area contributed by atoms with Crippen molar-refractivity contribution in [3.05, 3.63) is 12.4 Å². The molecule has 1 fully saturated rings. The van der Waals surface area contributed by atoms with Crippen LogP contribution in [0, 0.1) is 0 Å². The van der Waals surface area contributed by atoms with Crippen molar-refractivity contribution in [1.82, 2.24) is 9.97 Å². The molecule has 0 radical (unpaired) electrons. The summed E-state index contributed by atoms with van der Waals surface area (Å²) in [4.78, 5) is 13.0. The highest BCUT2D eigenvalue weighted by Gasteiger charge is 2.15. The first kappa shape index (κ1) is 15.0. The van der Waals surface area contributed by atoms with E-state index in [2.05, 4.69) is 39.8 Å². The van der Waals surface area contributed by atoms with Gasteiger partial charge in [-0.05, 0) is 32.6 Å². The lowest BCUT2D eigenvalue weighted by atomic mass is 10.1. The van der Waals surface area contributed by atoms with Crippen molar-refractivity contribution in [2.75, 3.05) is 43.6 Å². The predicted octanol–water partition coefficient (Wildman–Crippen LogP) is 2.33. The summed E-state index contributed by atoms with van der Waals surface area (Å²) in [6.45, 7) is 5.01. The zero-order valence-corrected chi connectivity index (χ0v) is 12.9. The van der Waals surface area contributed by atoms with E-state index in [4.69, 9.17) is 4.74 Å². The summed E-state index contributed by atoms with van der Waals surface area (Å²) in [7, 11) is 4.14. The van der Waals surface area contributed by atoms with Crippen molar-refractivity contribution < 1.29 is 4.74 Å². The van der Waals surface area contributed by atoms with E-state index in [-0.39, 0.29) is 0 Å². The largest absolute Gasteiger partial charge is 0.378 e. The lowest BCUT2D eigenvalue weighted by Gasteiger charge is -2.21. The maximum absolute atomic E-state index is 5.65. The minimum atomic E-state index is 0.482. The van der Waals surface area contributed by atoms with Gasteiger partial charge in [0.1, 0.15) is 18.0 Å². The van der Waals surface area contributed by atoms with Crippen LogP contribution in [0.25, 0.3) is 0 Å². The van der Waals surface area contributed by atoms with Gasteiger partial charge in [0.2, 0.25) is 0 Å². The van der Waals surface area contributed by atoms with Crippen molar-refractivity contribution in [1.29, 1.82) is 0 Å². The fourth-order valence-corrected chi connectivity index (χ4v) is 2.46. The molecular formula is C15H26N4O. The highest BCUT2D eigenvalue weighted by atomic mass is 16.5. The first-order valence-corrected chi connectivity index (χ1v) is 7.56. The van der Waals surface area contributed by atoms with Gasteiger partial charge in [0.05, 0.1) is 6.10 Å². The third kappa shape index (κ3) is 4.07. The second kappa shape index (κ2) is 7.43. The Bertz CT molecular complexity index is 407. The molecule has 0 aliphatic carbocycles. The molecule has 0 bridgehead atoms. The quantitative estimate of drug-likeness (QED) is 0.765. The van der Waals surface area contributed by atoms with Gasteiger partial charge < -0.3 is 14.5 Å². The molecule has 0 N–H and O–H groups in total. The molecule has 1 aliphatic heterocycles. The third-order valence-electron chi connectivity index (χ3n) is 3.94. The highest BCUT2D eigenvalue weighted by Crippen LogP contribution is 2.19. The molecule has 5 heteroatoms. The summed E-state index contributed by atoms with van der Waals surface area (Å²) in [6, 6.07) is 2.05. The standard InChI is InChI=1S/C15H26N4O/c1-4-18(2)14-11-15(17-12-16-14)19(3)9-5-7-13-8-6-10-20-13/h11-13H,4-10H2,1-3H3. The molecule has 2 heterocycles. The van der Waals surface area contributed by atoms with Gasteiger partial charge in [-0.15, -0.1) is 0 Å². The van der Waals surface area contributed by atoms with Gasteiger partial charge in [0, 0.05) is 39.9 Å². The van der Waals surface area contributed by atoms with E-state index in [9.17, 15) is 0 Å². The number of ether oxygens (including phenoxy) is 1. The lowest BCUT2D eigenvalue weighted by Crippen LogP contribution is -2.23. The molecule has 1 aromatic heterocycles. The number of aromatic nitrogens is 2. The Balaban J connectivity index is 1.83. The van der Waals surface area contributed by atoms with Crippen molar-refractivity contribution in [3.63, 3.8) is 0 Å². The van der Waals surface area contributed by atoms with Crippen LogP contribution >= 0.6 is 0 Å². The van der Waals surface area contributed by atoms with E-state index in [0.717, 1.165) is 44.2 Å². The van der Waals surface area contributed by atoms with Crippen LogP contribution in [-0.4, -0.2) is 49.9 Å². The number of nitrogens with zero attached hydrogens (tertiary/aromatic N) is 4. The summed E-state index contributed by atoms with van der Waals surface area (Å²) in [5.74, 6) is 1.96. The highest BCUT2D eigenvalue weighted by molar-refractivity contribution is 5.49. The summed E-state index contributed by atoms with van der Waals surface area (Å²) in [5, 5.41) is 0. The molecule has 1 aromatic rings. The van der Waals surface area contributed by atoms with Gasteiger partial charge in [-0.3, -0.25) is 0 Å². The molecular weight excluding hydrogens is 252 g/mol. The van der Waals surface area contributed by atoms with Crippen LogP contribution in [0.3, 0.4) is 0 Å². The van der Waals surface area contributed by atoms with Gasteiger partial charge in [0.25, 0.3) is 0 Å². The van der Waals surface area contributed by atoms with Crippen LogP contribution < -0.4 is 9.80 Å². The van der Waals surface area contributed by atoms with E-state index < -0.39 is 0 Å². The number of rotatable bonds is 7. The van der Waals surface area contributed by atoms with Gasteiger partial charge >= 0.3 is 0 Å². The minimum absolute atomic E-state index is 0.482. The number of hydrogen-bond donors (Lipinski definition) is 0. The predicted molar refractivity (Wildman–Crippen MR) is 82.5 cm³/mol. The van der Waals surface area contributed by atoms with Gasteiger partial charge in [0.15, 0.2) is 0 Å². The maximum atomic E-state index is 5.65. The Morgan fingerprint density at radius 3 is 2.65 bits per heavy atom. The van der Waals surface area contributed by atoms with Crippen LogP contribution in [0.15, 0.2) is 12.4 Å². The third-order valence-corrected chi connectivity index (χ3v) is 3.94. The fourth-order valence-electron chi connectivity index (χ4n) is 2.46. The van der Waals surface area contributed by atoms with Gasteiger partial charge in [-0.2, -0.15) is 0 Å². The number of anilines is 2. The first-order chi connectivity index (χ1) is 9.70. The van der Waals surface area contributed by atoms with Crippen LogP contribution in [-0.2, 0) is 4.74 Å². The normalized spacial score (nSPS) is 18.2. The Kier molecular flexibility index (Phi) is 5.59. The van der Waals surface area contributed by atoms with Gasteiger partial charge in [-0.1, -0.05) is 0 Å². The first-order valence-electron chi connectivity index (χ1n) is 7.56. The van der Waals surface area contributed by atoms with E-state index in [1.807, 2.05) is 7.05 Å².